The van der Waals surface area contributed by atoms with Crippen molar-refractivity contribution in [2.45, 2.75) is 276 Å². The first kappa shape index (κ1) is 107. The Hall–Kier alpha value is -7.78. The van der Waals surface area contributed by atoms with E-state index in [2.05, 4.69) is 56.9 Å². The molecule has 4 aromatic carbocycles. The molecule has 28 heteroatoms. The smallest absolute Gasteiger partial charge is 0.444 e. The number of rotatable bonds is 8. The number of anilines is 1. The van der Waals surface area contributed by atoms with E-state index >= 15 is 0 Å². The molecule has 601 valence electrons. The number of amides is 2. The summed E-state index contributed by atoms with van der Waals surface area (Å²) in [5, 5.41) is 46.4. The van der Waals surface area contributed by atoms with Crippen molar-refractivity contribution < 1.29 is 92.3 Å². The molecule has 106 heavy (non-hydrogen) atoms. The number of nitrogens with zero attached hydrogens (tertiary/aromatic N) is 4. The van der Waals surface area contributed by atoms with Gasteiger partial charge in [0.1, 0.15) is 22.4 Å². The summed E-state index contributed by atoms with van der Waals surface area (Å²) < 4.78 is 39.0. The minimum atomic E-state index is -1.06. The van der Waals surface area contributed by atoms with Crippen LogP contribution in [0.1, 0.15) is 257 Å². The van der Waals surface area contributed by atoms with Gasteiger partial charge in [0.25, 0.3) is 17.1 Å². The number of nitriles is 1. The Morgan fingerprint density at radius 1 is 0.453 bits per heavy atom. The summed E-state index contributed by atoms with van der Waals surface area (Å²) in [7, 11) is 0. The number of alkyl carbamates (subject to hydrolysis) is 2. The third kappa shape index (κ3) is 49.2. The maximum Gasteiger partial charge on any atom is 0.519 e. The van der Waals surface area contributed by atoms with Crippen molar-refractivity contribution in [3.63, 3.8) is 0 Å². The fourth-order valence-corrected chi connectivity index (χ4v) is 9.15. The zero-order chi connectivity index (χ0) is 78.8. The first-order valence-electron chi connectivity index (χ1n) is 34.2. The van der Waals surface area contributed by atoms with Crippen LogP contribution in [0.4, 0.5) is 41.9 Å². The fraction of sp³-hybridized carbons (Fsp3) is 0.615. The first-order valence-corrected chi connectivity index (χ1v) is 34.2. The molecule has 3 aliphatic rings. The molecule has 7 rings (SSSR count). The Balaban J connectivity index is -0.000000379. The van der Waals surface area contributed by atoms with E-state index in [1.54, 1.807) is 86.6 Å². The summed E-state index contributed by atoms with van der Waals surface area (Å²) in [5.74, 6) is 0. The van der Waals surface area contributed by atoms with Gasteiger partial charge in [0.15, 0.2) is 0 Å². The number of carbonyl (C=O) groups is 4. The van der Waals surface area contributed by atoms with Gasteiger partial charge in [0.05, 0.1) is 26.4 Å². The Morgan fingerprint density at radius 3 is 0.972 bits per heavy atom. The van der Waals surface area contributed by atoms with Crippen molar-refractivity contribution in [2.24, 2.45) is 5.73 Å². The number of benzene rings is 4. The van der Waals surface area contributed by atoms with E-state index in [4.69, 9.17) is 49.9 Å². The molecule has 0 spiro atoms. The van der Waals surface area contributed by atoms with E-state index in [-0.39, 0.29) is 89.0 Å². The molecule has 6 N–H and O–H groups in total. The van der Waals surface area contributed by atoms with Crippen LogP contribution in [0.15, 0.2) is 72.8 Å². The van der Waals surface area contributed by atoms with Gasteiger partial charge in [-0.05, 0) is 194 Å². The monoisotopic (exact) mass is 1580 g/mol. The molecule has 4 aromatic rings. The Kier molecular flexibility index (Phi) is 49.6. The number of non-ortho nitro benzene ring substituents is 3. The predicted octanol–water partition coefficient (Wildman–Crippen LogP) is 18.6. The van der Waals surface area contributed by atoms with Crippen molar-refractivity contribution in [3.05, 3.63) is 155 Å². The normalized spacial score (nSPS) is 13.0. The molecule has 0 unspecified atom stereocenters. The number of carbonyl (C=O) groups excluding carboxylic acids is 4. The Morgan fingerprint density at radius 2 is 0.717 bits per heavy atom. The first-order chi connectivity index (χ1) is 46.6. The Labute approximate surface area is 648 Å². The molecule has 3 aliphatic heterocycles. The summed E-state index contributed by atoms with van der Waals surface area (Å²) in [6.07, 6.45) is 4.59. The molecular weight excluding hydrogens is 1450 g/mol. The number of nitrogens with two attached hydrogens (primary N) is 2. The minimum absolute atomic E-state index is 0. The van der Waals surface area contributed by atoms with Gasteiger partial charge in [-0.2, -0.15) is 5.26 Å². The molecule has 0 bridgehead atoms. The number of hydrogen-bond donors (Lipinski definition) is 4. The van der Waals surface area contributed by atoms with Gasteiger partial charge in [0, 0.05) is 130 Å². The standard InChI is InChI=1S/C16H24N2O4.C16H26N2O2.C11H16N2O2.C11H12N2O2.C10H18O5.3C4H8O.CH4.CH3.B.Pd/c1-15(2,3)13-8-7-12(18(20)21)9-11(13)10-17-14(19)22-16(4,5)6;1-15(2,3)13-8-7-12(17)9-11(13)10-18-14(19)20-16(4,5)6;2*1-11(2,3)10-5-4-9(13(14)15)6-8(10)7-12;1-9(2,3)14-7(11)13-8(12)15-10(4,5)6;3*1-2-4-5-3-1;;;;/h7-9H,10H2,1-6H3,(H,17,19);7-9H,10,17H2,1-6H3,(H,18,19);4-6H,7,12H2,1-3H3;4-6H,1-3H3;1-6H3;3*1-4H2;1H4;1H3;;/q;;;;;;;;;-1;;. The number of nitrogens with one attached hydrogen (secondary N) is 2. The van der Waals surface area contributed by atoms with Crippen molar-refractivity contribution in [1.82, 2.24) is 10.6 Å². The molecule has 2 amide bonds. The summed E-state index contributed by atoms with van der Waals surface area (Å²) >= 11 is 0. The topological polar surface area (TPSA) is 371 Å². The van der Waals surface area contributed by atoms with Crippen LogP contribution in [0.3, 0.4) is 0 Å². The SMILES string of the molecule is C.C1CCOC1.C1CCOC1.C1CCOC1.CC(C)(C)OC(=O)NCc1cc(N)ccc1C(C)(C)C.CC(C)(C)OC(=O)NCc1cc([N+](=O)[O-])ccc1C(C)(C)C.CC(C)(C)OC(=O)OC(=O)OC(C)(C)C.CC(C)(C)c1ccc([N+](=O)[O-])cc1C#N.CC(C)(C)c1ccc([N+](=O)[O-])cc1CN.[B].[CH3-].[Pd]. The third-order valence-electron chi connectivity index (χ3n) is 13.6. The number of hydrogen-bond acceptors (Lipinski definition) is 21. The van der Waals surface area contributed by atoms with Crippen molar-refractivity contribution >= 4 is 55.7 Å². The molecule has 0 aromatic heterocycles. The number of nitro groups is 3. The molecule has 3 saturated heterocycles. The average molecular weight is 1580 g/mol. The molecule has 3 radical (unpaired) electrons. The number of nitrogen functional groups attached to an aromatic ring is 1. The molecule has 0 atom stereocenters. The largest absolute Gasteiger partial charge is 0.519 e. The quantitative estimate of drug-likeness (QED) is 0.0186. The van der Waals surface area contributed by atoms with Crippen LogP contribution in [-0.2, 0) is 99.6 Å². The van der Waals surface area contributed by atoms with Gasteiger partial charge < -0.3 is 67.4 Å². The van der Waals surface area contributed by atoms with Crippen LogP contribution < -0.4 is 22.1 Å². The van der Waals surface area contributed by atoms with Crippen LogP contribution in [-0.4, -0.2) is 110 Å². The molecule has 26 nitrogen and oxygen atoms in total. The fourth-order valence-electron chi connectivity index (χ4n) is 9.15. The van der Waals surface area contributed by atoms with Crippen LogP contribution in [0, 0.1) is 49.1 Å². The van der Waals surface area contributed by atoms with Crippen molar-refractivity contribution in [1.29, 1.82) is 5.26 Å². The van der Waals surface area contributed by atoms with Gasteiger partial charge in [-0.15, -0.1) is 0 Å². The van der Waals surface area contributed by atoms with E-state index in [9.17, 15) is 49.5 Å². The second-order valence-electron chi connectivity index (χ2n) is 32.1. The predicted molar refractivity (Wildman–Crippen MR) is 416 cm³/mol. The molecular formula is C78H127BN8O18Pd-. The summed E-state index contributed by atoms with van der Waals surface area (Å²) in [6.45, 7) is 52.3. The number of ether oxygens (including phenoxy) is 8. The average Bonchev–Trinajstić information content (AvgIpc) is 1.02. The van der Waals surface area contributed by atoms with Crippen LogP contribution >= 0.6 is 0 Å². The summed E-state index contributed by atoms with van der Waals surface area (Å²) in [4.78, 5) is 76.2. The van der Waals surface area contributed by atoms with Crippen LogP contribution in [0.25, 0.3) is 0 Å². The van der Waals surface area contributed by atoms with E-state index < -0.39 is 61.7 Å². The van der Waals surface area contributed by atoms with Crippen molar-refractivity contribution in [3.8, 4) is 6.07 Å². The van der Waals surface area contributed by atoms with Gasteiger partial charge >= 0.3 is 24.5 Å². The summed E-state index contributed by atoms with van der Waals surface area (Å²) in [5.41, 5.74) is 16.3. The molecule has 0 saturated carbocycles. The van der Waals surface area contributed by atoms with E-state index in [0.717, 1.165) is 67.5 Å². The molecule has 3 fully saturated rings. The van der Waals surface area contributed by atoms with Crippen LogP contribution in [0.5, 0.6) is 0 Å². The third-order valence-corrected chi connectivity index (χ3v) is 13.6. The number of nitro benzene ring substituents is 3. The zero-order valence-electron chi connectivity index (χ0n) is 67.2. The van der Waals surface area contributed by atoms with E-state index in [1.807, 2.05) is 86.6 Å². The maximum absolute atomic E-state index is 11.7. The molecule has 0 aliphatic carbocycles. The maximum atomic E-state index is 11.7. The minimum Gasteiger partial charge on any atom is -0.444 e. The van der Waals surface area contributed by atoms with Crippen LogP contribution in [0.2, 0.25) is 0 Å². The van der Waals surface area contributed by atoms with Crippen molar-refractivity contribution in [2.75, 3.05) is 45.4 Å². The second-order valence-corrected chi connectivity index (χ2v) is 32.1. The van der Waals surface area contributed by atoms with Gasteiger partial charge in [0.2, 0.25) is 0 Å². The van der Waals surface area contributed by atoms with E-state index in [1.165, 1.54) is 74.4 Å². The van der Waals surface area contributed by atoms with E-state index in [0.29, 0.717) is 29.9 Å². The Bertz CT molecular complexity index is 3280. The summed E-state index contributed by atoms with van der Waals surface area (Å²) in [6, 6.07) is 21.8. The zero-order valence-corrected chi connectivity index (χ0v) is 68.8. The van der Waals surface area contributed by atoms with Gasteiger partial charge in [-0.3, -0.25) is 30.3 Å². The molecule has 3 heterocycles. The van der Waals surface area contributed by atoms with Gasteiger partial charge in [-0.1, -0.05) is 115 Å². The second kappa shape index (κ2) is 49.2. The van der Waals surface area contributed by atoms with Gasteiger partial charge in [-0.25, -0.2) is 19.2 Å².